The smallest absolute Gasteiger partial charge is 0.0322 e. The summed E-state index contributed by atoms with van der Waals surface area (Å²) in [6.07, 6.45) is 8.32. The summed E-state index contributed by atoms with van der Waals surface area (Å²) in [4.78, 5) is 0. The minimum absolute atomic E-state index is 0.861. The van der Waals surface area contributed by atoms with Crippen molar-refractivity contribution >= 4 is 0 Å². The normalized spacial score (nSPS) is 9.89. The second-order valence-corrected chi connectivity index (χ2v) is 1.89. The van der Waals surface area contributed by atoms with E-state index in [2.05, 4.69) is 24.9 Å². The van der Waals surface area contributed by atoms with Crippen molar-refractivity contribution in [3.8, 4) is 0 Å². The highest BCUT2D eigenvalue weighted by atomic mass is 14.8. The van der Waals surface area contributed by atoms with E-state index in [-0.39, 0.29) is 0 Å². The molecule has 0 aliphatic heterocycles. The van der Waals surface area contributed by atoms with Crippen molar-refractivity contribution < 1.29 is 0 Å². The van der Waals surface area contributed by atoms with Crippen molar-refractivity contribution in [1.29, 1.82) is 0 Å². The van der Waals surface area contributed by atoms with E-state index in [0.717, 1.165) is 13.0 Å². The first-order valence-electron chi connectivity index (χ1n) is 3.41. The summed E-state index contributed by atoms with van der Waals surface area (Å²) in [5.41, 5.74) is 0. The van der Waals surface area contributed by atoms with Crippen LogP contribution in [0.15, 0.2) is 24.9 Å². The number of nitrogens with one attached hydrogen (secondary N) is 1. The Kier molecular flexibility index (Phi) is 6.70. The fraction of sp³-hybridized carbons (Fsp3) is 0.500. The third kappa shape index (κ3) is 7.28. The molecule has 0 aromatic heterocycles. The maximum absolute atomic E-state index is 3.58. The number of rotatable bonds is 5. The third-order valence-electron chi connectivity index (χ3n) is 0.953. The number of unbranched alkanes of at least 4 members (excludes halogenated alkanes) is 1. The van der Waals surface area contributed by atoms with Gasteiger partial charge in [-0.2, -0.15) is 0 Å². The van der Waals surface area contributed by atoms with Crippen LogP contribution in [0, 0.1) is 0 Å². The Labute approximate surface area is 57.5 Å². The van der Waals surface area contributed by atoms with Crippen molar-refractivity contribution in [2.45, 2.75) is 19.8 Å². The zero-order valence-corrected chi connectivity index (χ0v) is 6.06. The average Bonchev–Trinajstić information content (AvgIpc) is 1.89. The largest absolute Gasteiger partial charge is 0.388 e. The summed E-state index contributed by atoms with van der Waals surface area (Å²) < 4.78 is 0. The molecule has 0 fully saturated rings. The van der Waals surface area contributed by atoms with Crippen LogP contribution < -0.4 is 5.32 Å². The highest BCUT2D eigenvalue weighted by Gasteiger charge is 1.70. The van der Waals surface area contributed by atoms with E-state index in [4.69, 9.17) is 0 Å². The van der Waals surface area contributed by atoms with Gasteiger partial charge in [-0.3, -0.25) is 0 Å². The molecule has 1 nitrogen and oxygen atoms in total. The van der Waals surface area contributed by atoms with Gasteiger partial charge in [-0.05, 0) is 12.6 Å². The Morgan fingerprint density at radius 3 is 2.89 bits per heavy atom. The minimum Gasteiger partial charge on any atom is -0.388 e. The summed E-state index contributed by atoms with van der Waals surface area (Å²) in [5.74, 6) is 0. The van der Waals surface area contributed by atoms with Crippen molar-refractivity contribution in [1.82, 2.24) is 5.32 Å². The zero-order chi connectivity index (χ0) is 6.95. The molecule has 1 heteroatoms. The first-order valence-corrected chi connectivity index (χ1v) is 3.41. The molecule has 0 bridgehead atoms. The first kappa shape index (κ1) is 8.28. The second-order valence-electron chi connectivity index (χ2n) is 1.89. The molecule has 9 heavy (non-hydrogen) atoms. The van der Waals surface area contributed by atoms with Crippen LogP contribution in [0.3, 0.4) is 0 Å². The van der Waals surface area contributed by atoms with Crippen molar-refractivity contribution in [2.75, 3.05) is 6.54 Å². The van der Waals surface area contributed by atoms with Crippen LogP contribution in [0.5, 0.6) is 0 Å². The van der Waals surface area contributed by atoms with Crippen molar-refractivity contribution in [3.05, 3.63) is 24.9 Å². The maximum Gasteiger partial charge on any atom is 0.0322 e. The lowest BCUT2D eigenvalue weighted by atomic mass is 10.3. The van der Waals surface area contributed by atoms with Crippen LogP contribution >= 0.6 is 0 Å². The number of allylic oxidation sites excluding steroid dienone is 1. The Morgan fingerprint density at radius 1 is 1.56 bits per heavy atom. The molecule has 0 saturated heterocycles. The SMILES string of the molecule is C=CCN/C=C\CCC. The van der Waals surface area contributed by atoms with E-state index in [1.54, 1.807) is 0 Å². The fourth-order valence-electron chi connectivity index (χ4n) is 0.485. The van der Waals surface area contributed by atoms with Gasteiger partial charge in [0.2, 0.25) is 0 Å². The highest BCUT2D eigenvalue weighted by Crippen LogP contribution is 1.85. The van der Waals surface area contributed by atoms with Gasteiger partial charge in [0.05, 0.1) is 0 Å². The van der Waals surface area contributed by atoms with Gasteiger partial charge in [-0.1, -0.05) is 25.5 Å². The van der Waals surface area contributed by atoms with E-state index in [9.17, 15) is 0 Å². The second kappa shape index (κ2) is 7.28. The predicted molar refractivity (Wildman–Crippen MR) is 42.2 cm³/mol. The van der Waals surface area contributed by atoms with Crippen LogP contribution in [0.1, 0.15) is 19.8 Å². The molecule has 0 rings (SSSR count). The van der Waals surface area contributed by atoms with Gasteiger partial charge in [0.25, 0.3) is 0 Å². The van der Waals surface area contributed by atoms with E-state index in [0.29, 0.717) is 0 Å². The summed E-state index contributed by atoms with van der Waals surface area (Å²) >= 11 is 0. The topological polar surface area (TPSA) is 12.0 Å². The van der Waals surface area contributed by atoms with E-state index in [1.165, 1.54) is 6.42 Å². The van der Waals surface area contributed by atoms with Crippen LogP contribution in [-0.2, 0) is 0 Å². The Balaban J connectivity index is 2.94. The van der Waals surface area contributed by atoms with Crippen molar-refractivity contribution in [3.63, 3.8) is 0 Å². The van der Waals surface area contributed by atoms with Crippen LogP contribution in [0.25, 0.3) is 0 Å². The lowest BCUT2D eigenvalue weighted by Gasteiger charge is -1.90. The number of hydrogen-bond acceptors (Lipinski definition) is 1. The fourth-order valence-corrected chi connectivity index (χ4v) is 0.485. The van der Waals surface area contributed by atoms with Gasteiger partial charge >= 0.3 is 0 Å². The molecule has 0 radical (unpaired) electrons. The quantitative estimate of drug-likeness (QED) is 0.438. The predicted octanol–water partition coefficient (Wildman–Crippen LogP) is 2.08. The molecular formula is C8H15N. The lowest BCUT2D eigenvalue weighted by molar-refractivity contribution is 0.924. The van der Waals surface area contributed by atoms with Gasteiger partial charge in [0.15, 0.2) is 0 Å². The Bertz CT molecular complexity index is 84.6. The summed E-state index contributed by atoms with van der Waals surface area (Å²) in [6.45, 7) is 6.61. The van der Waals surface area contributed by atoms with E-state index < -0.39 is 0 Å². The molecule has 0 aromatic rings. The van der Waals surface area contributed by atoms with Gasteiger partial charge in [-0.15, -0.1) is 6.58 Å². The van der Waals surface area contributed by atoms with E-state index >= 15 is 0 Å². The lowest BCUT2D eigenvalue weighted by Crippen LogP contribution is -2.02. The van der Waals surface area contributed by atoms with Crippen LogP contribution in [-0.4, -0.2) is 6.54 Å². The van der Waals surface area contributed by atoms with Gasteiger partial charge < -0.3 is 5.32 Å². The molecule has 0 atom stereocenters. The molecule has 0 amide bonds. The molecule has 1 N–H and O–H groups in total. The van der Waals surface area contributed by atoms with E-state index in [1.807, 2.05) is 12.3 Å². The van der Waals surface area contributed by atoms with Gasteiger partial charge in [-0.25, -0.2) is 0 Å². The molecule has 0 spiro atoms. The van der Waals surface area contributed by atoms with Crippen LogP contribution in [0.2, 0.25) is 0 Å². The highest BCUT2D eigenvalue weighted by molar-refractivity contribution is 4.82. The van der Waals surface area contributed by atoms with Crippen LogP contribution in [0.4, 0.5) is 0 Å². The molecular weight excluding hydrogens is 110 g/mol. The summed E-state index contributed by atoms with van der Waals surface area (Å²) in [7, 11) is 0. The molecule has 52 valence electrons. The minimum atomic E-state index is 0.861. The van der Waals surface area contributed by atoms with Crippen molar-refractivity contribution in [2.24, 2.45) is 0 Å². The Hall–Kier alpha value is -0.720. The summed E-state index contributed by atoms with van der Waals surface area (Å²) in [5, 5.41) is 3.07. The molecule has 0 heterocycles. The maximum atomic E-state index is 3.58. The Morgan fingerprint density at radius 2 is 2.33 bits per heavy atom. The zero-order valence-electron chi connectivity index (χ0n) is 6.06. The number of hydrogen-bond donors (Lipinski definition) is 1. The first-order chi connectivity index (χ1) is 4.41. The standard InChI is InChI=1S/C8H15N/c1-3-5-6-8-9-7-4-2/h4,6,8-9H,2-3,5,7H2,1H3/b8-6-. The average molecular weight is 125 g/mol. The summed E-state index contributed by atoms with van der Waals surface area (Å²) in [6, 6.07) is 0. The monoisotopic (exact) mass is 125 g/mol. The molecule has 0 saturated carbocycles. The molecule has 0 unspecified atom stereocenters. The molecule has 0 aliphatic carbocycles. The molecule has 0 aromatic carbocycles. The van der Waals surface area contributed by atoms with Gasteiger partial charge in [0.1, 0.15) is 0 Å². The molecule has 0 aliphatic rings. The van der Waals surface area contributed by atoms with Gasteiger partial charge in [0, 0.05) is 6.54 Å². The third-order valence-corrected chi connectivity index (χ3v) is 0.953.